The lowest BCUT2D eigenvalue weighted by molar-refractivity contribution is 0.168. The van der Waals surface area contributed by atoms with Gasteiger partial charge in [-0.1, -0.05) is 0 Å². The van der Waals surface area contributed by atoms with Gasteiger partial charge in [0.05, 0.1) is 12.2 Å². The van der Waals surface area contributed by atoms with Crippen molar-refractivity contribution in [1.29, 1.82) is 0 Å². The van der Waals surface area contributed by atoms with Gasteiger partial charge in [-0.25, -0.2) is 0 Å². The Morgan fingerprint density at radius 3 is 1.54 bits per heavy atom. The first-order chi connectivity index (χ1) is 6.24. The van der Waals surface area contributed by atoms with Crippen molar-refractivity contribution < 1.29 is 10.2 Å². The molecule has 0 saturated heterocycles. The molecule has 0 amide bonds. The van der Waals surface area contributed by atoms with Crippen molar-refractivity contribution in [1.82, 2.24) is 0 Å². The van der Waals surface area contributed by atoms with E-state index < -0.39 is 0 Å². The number of aliphatic hydroxyl groups excluding tert-OH is 2. The highest BCUT2D eigenvalue weighted by Crippen LogP contribution is 2.36. The number of hydrogen-bond acceptors (Lipinski definition) is 2. The van der Waals surface area contributed by atoms with E-state index in [1.165, 1.54) is 19.3 Å². The van der Waals surface area contributed by atoms with Gasteiger partial charge in [0.2, 0.25) is 0 Å². The molecule has 2 aliphatic carbocycles. The summed E-state index contributed by atoms with van der Waals surface area (Å²) in [4.78, 5) is 0. The average Bonchev–Trinajstić information content (AvgIpc) is 2.62. The van der Waals surface area contributed by atoms with Crippen molar-refractivity contribution in [3.63, 3.8) is 0 Å². The van der Waals surface area contributed by atoms with Crippen LogP contribution in [0, 0.1) is 11.8 Å². The minimum absolute atomic E-state index is 0.0312. The molecule has 2 saturated carbocycles. The number of hydrogen-bond donors (Lipinski definition) is 2. The summed E-state index contributed by atoms with van der Waals surface area (Å²) in [7, 11) is 0. The molecule has 2 rings (SSSR count). The molecule has 0 radical (unpaired) electrons. The van der Waals surface area contributed by atoms with Crippen molar-refractivity contribution in [2.75, 3.05) is 0 Å². The van der Waals surface area contributed by atoms with Gasteiger partial charge in [0, 0.05) is 0 Å². The number of aliphatic hydroxyl groups is 2. The van der Waals surface area contributed by atoms with E-state index in [-0.39, 0.29) is 12.2 Å². The summed E-state index contributed by atoms with van der Waals surface area (Å²) in [5, 5.41) is 18.8. The molecule has 0 aliphatic heterocycles. The third kappa shape index (κ3) is 2.44. The molecular formula is C11H20O2. The maximum Gasteiger partial charge on any atom is 0.0543 e. The van der Waals surface area contributed by atoms with Crippen LogP contribution >= 0.6 is 0 Å². The Bertz CT molecular complexity index is 151. The van der Waals surface area contributed by atoms with Gasteiger partial charge in [-0.3, -0.25) is 0 Å². The van der Waals surface area contributed by atoms with Gasteiger partial charge >= 0.3 is 0 Å². The standard InChI is InChI=1S/C11H20O2/c12-10-3-1-8(6-10)5-9-2-4-11(13)7-9/h8-13H,1-7H2. The van der Waals surface area contributed by atoms with Gasteiger partial charge in [0.15, 0.2) is 0 Å². The SMILES string of the molecule is OC1CCC(CC2CCC(O)C2)C1. The highest BCUT2D eigenvalue weighted by Gasteiger charge is 2.29. The van der Waals surface area contributed by atoms with Crippen molar-refractivity contribution >= 4 is 0 Å². The normalized spacial score (nSPS) is 45.7. The van der Waals surface area contributed by atoms with E-state index in [1.54, 1.807) is 0 Å². The zero-order chi connectivity index (χ0) is 9.26. The van der Waals surface area contributed by atoms with E-state index in [0.29, 0.717) is 0 Å². The van der Waals surface area contributed by atoms with Gasteiger partial charge in [-0.05, 0) is 56.8 Å². The molecule has 0 spiro atoms. The molecule has 4 atom stereocenters. The van der Waals surface area contributed by atoms with Gasteiger partial charge in [0.25, 0.3) is 0 Å². The smallest absolute Gasteiger partial charge is 0.0543 e. The van der Waals surface area contributed by atoms with E-state index in [9.17, 15) is 10.2 Å². The van der Waals surface area contributed by atoms with Crippen LogP contribution in [0.5, 0.6) is 0 Å². The van der Waals surface area contributed by atoms with Crippen LogP contribution in [0.4, 0.5) is 0 Å². The third-order valence-electron chi connectivity index (χ3n) is 3.69. The molecule has 2 N–H and O–H groups in total. The molecule has 2 heteroatoms. The second-order valence-corrected chi connectivity index (χ2v) is 4.90. The molecule has 2 aliphatic rings. The third-order valence-corrected chi connectivity index (χ3v) is 3.69. The molecule has 0 heterocycles. The molecule has 0 aromatic heterocycles. The lowest BCUT2D eigenvalue weighted by atomic mass is 9.92. The average molecular weight is 184 g/mol. The van der Waals surface area contributed by atoms with Crippen LogP contribution < -0.4 is 0 Å². The highest BCUT2D eigenvalue weighted by molar-refractivity contribution is 4.81. The van der Waals surface area contributed by atoms with E-state index in [0.717, 1.165) is 37.5 Å². The zero-order valence-corrected chi connectivity index (χ0v) is 8.15. The van der Waals surface area contributed by atoms with Crippen molar-refractivity contribution in [2.45, 2.75) is 57.2 Å². The first-order valence-corrected chi connectivity index (χ1v) is 5.60. The molecule has 13 heavy (non-hydrogen) atoms. The summed E-state index contributed by atoms with van der Waals surface area (Å²) in [6.07, 6.45) is 7.60. The molecule has 4 unspecified atom stereocenters. The Morgan fingerprint density at radius 1 is 0.769 bits per heavy atom. The summed E-state index contributed by atoms with van der Waals surface area (Å²) in [6, 6.07) is 0. The van der Waals surface area contributed by atoms with Crippen LogP contribution in [0.1, 0.15) is 44.9 Å². The minimum atomic E-state index is -0.0312. The van der Waals surface area contributed by atoms with Crippen LogP contribution in [0.25, 0.3) is 0 Å². The predicted molar refractivity (Wildman–Crippen MR) is 51.3 cm³/mol. The minimum Gasteiger partial charge on any atom is -0.393 e. The van der Waals surface area contributed by atoms with E-state index in [4.69, 9.17) is 0 Å². The van der Waals surface area contributed by atoms with Crippen LogP contribution in [0.3, 0.4) is 0 Å². The summed E-state index contributed by atoms with van der Waals surface area (Å²) in [5.74, 6) is 1.48. The predicted octanol–water partition coefficient (Wildman–Crippen LogP) is 1.70. The van der Waals surface area contributed by atoms with Crippen LogP contribution in [-0.4, -0.2) is 22.4 Å². The molecule has 0 aromatic rings. The summed E-state index contributed by atoms with van der Waals surface area (Å²) in [6.45, 7) is 0. The monoisotopic (exact) mass is 184 g/mol. The Kier molecular flexibility index (Phi) is 2.89. The van der Waals surface area contributed by atoms with Crippen LogP contribution in [0.15, 0.2) is 0 Å². The second-order valence-electron chi connectivity index (χ2n) is 4.90. The second kappa shape index (κ2) is 3.97. The fraction of sp³-hybridized carbons (Fsp3) is 1.00. The molecular weight excluding hydrogens is 164 g/mol. The van der Waals surface area contributed by atoms with Gasteiger partial charge in [-0.15, -0.1) is 0 Å². The largest absolute Gasteiger partial charge is 0.393 e. The zero-order valence-electron chi connectivity index (χ0n) is 8.15. The first-order valence-electron chi connectivity index (χ1n) is 5.60. The quantitative estimate of drug-likeness (QED) is 0.685. The Hall–Kier alpha value is -0.0800. The summed E-state index contributed by atoms with van der Waals surface area (Å²) in [5.41, 5.74) is 0. The number of rotatable bonds is 2. The van der Waals surface area contributed by atoms with E-state index >= 15 is 0 Å². The van der Waals surface area contributed by atoms with Crippen molar-refractivity contribution in [2.24, 2.45) is 11.8 Å². The maximum absolute atomic E-state index is 9.38. The van der Waals surface area contributed by atoms with Gasteiger partial charge in [0.1, 0.15) is 0 Å². The van der Waals surface area contributed by atoms with Crippen LogP contribution in [-0.2, 0) is 0 Å². The van der Waals surface area contributed by atoms with Gasteiger partial charge in [-0.2, -0.15) is 0 Å². The molecule has 2 nitrogen and oxygen atoms in total. The molecule has 2 fully saturated rings. The van der Waals surface area contributed by atoms with Crippen molar-refractivity contribution in [3.8, 4) is 0 Å². The maximum atomic E-state index is 9.38. The molecule has 0 aromatic carbocycles. The van der Waals surface area contributed by atoms with Crippen molar-refractivity contribution in [3.05, 3.63) is 0 Å². The first kappa shape index (κ1) is 9.47. The Balaban J connectivity index is 1.72. The Labute approximate surface area is 80.0 Å². The lowest BCUT2D eigenvalue weighted by Crippen LogP contribution is -2.06. The van der Waals surface area contributed by atoms with Gasteiger partial charge < -0.3 is 10.2 Å². The highest BCUT2D eigenvalue weighted by atomic mass is 16.3. The topological polar surface area (TPSA) is 40.5 Å². The summed E-state index contributed by atoms with van der Waals surface area (Å²) < 4.78 is 0. The van der Waals surface area contributed by atoms with E-state index in [1.807, 2.05) is 0 Å². The molecule has 76 valence electrons. The lowest BCUT2D eigenvalue weighted by Gasteiger charge is -2.14. The fourth-order valence-electron chi connectivity index (χ4n) is 3.00. The van der Waals surface area contributed by atoms with Crippen LogP contribution in [0.2, 0.25) is 0 Å². The fourth-order valence-corrected chi connectivity index (χ4v) is 3.00. The molecule has 0 bridgehead atoms. The Morgan fingerprint density at radius 2 is 1.23 bits per heavy atom. The van der Waals surface area contributed by atoms with E-state index in [2.05, 4.69) is 0 Å². The summed E-state index contributed by atoms with van der Waals surface area (Å²) >= 11 is 0.